The molecule has 0 aliphatic heterocycles. The summed E-state index contributed by atoms with van der Waals surface area (Å²) in [4.78, 5) is 27.4. The summed E-state index contributed by atoms with van der Waals surface area (Å²) in [6.45, 7) is 1.90. The van der Waals surface area contributed by atoms with Crippen molar-refractivity contribution >= 4 is 11.8 Å². The molecule has 2 rings (SSSR count). The Morgan fingerprint density at radius 1 is 1.11 bits per heavy atom. The predicted octanol–water partition coefficient (Wildman–Crippen LogP) is 3.30. The van der Waals surface area contributed by atoms with Gasteiger partial charge in [0.05, 0.1) is 17.3 Å². The van der Waals surface area contributed by atoms with E-state index in [1.165, 1.54) is 44.3 Å². The molecule has 150 valence electrons. The number of aromatic nitrogens is 1. The van der Waals surface area contributed by atoms with Gasteiger partial charge < -0.3 is 10.6 Å². The maximum Gasteiger partial charge on any atom is 0.418 e. The van der Waals surface area contributed by atoms with Crippen LogP contribution < -0.4 is 10.6 Å². The van der Waals surface area contributed by atoms with Crippen molar-refractivity contribution in [1.29, 1.82) is 0 Å². The van der Waals surface area contributed by atoms with Crippen molar-refractivity contribution in [2.45, 2.75) is 38.8 Å². The van der Waals surface area contributed by atoms with Crippen LogP contribution in [0.3, 0.4) is 0 Å². The second-order valence-electron chi connectivity index (χ2n) is 6.17. The van der Waals surface area contributed by atoms with Crippen LogP contribution in [0.4, 0.5) is 17.6 Å². The molecule has 0 saturated heterocycles. The molecule has 0 saturated carbocycles. The molecule has 2 N–H and O–H groups in total. The number of hydrogen-bond acceptors (Lipinski definition) is 3. The average Bonchev–Trinajstić information content (AvgIpc) is 2.65. The highest BCUT2D eigenvalue weighted by molar-refractivity contribution is 5.86. The van der Waals surface area contributed by atoms with Crippen molar-refractivity contribution in [2.75, 3.05) is 0 Å². The molecule has 1 aromatic carbocycles. The fourth-order valence-corrected chi connectivity index (χ4v) is 2.63. The Morgan fingerprint density at radius 3 is 2.29 bits per heavy atom. The first-order valence-electron chi connectivity index (χ1n) is 8.38. The number of carbonyl (C=O) groups excluding carboxylic acids is 2. The van der Waals surface area contributed by atoms with Crippen molar-refractivity contribution in [2.24, 2.45) is 0 Å². The van der Waals surface area contributed by atoms with Crippen LogP contribution in [0.15, 0.2) is 42.6 Å². The van der Waals surface area contributed by atoms with E-state index in [1.807, 2.05) is 0 Å². The van der Waals surface area contributed by atoms with Crippen molar-refractivity contribution in [3.8, 4) is 0 Å². The topological polar surface area (TPSA) is 71.1 Å². The SMILES string of the molecule is CC(=O)NC(C)C(=O)N[C@@H](c1ccc(CF)cc1)c1ncccc1C(F)(F)F. The van der Waals surface area contributed by atoms with Crippen LogP contribution in [0, 0.1) is 0 Å². The van der Waals surface area contributed by atoms with Gasteiger partial charge in [-0.3, -0.25) is 14.6 Å². The van der Waals surface area contributed by atoms with Gasteiger partial charge in [-0.1, -0.05) is 24.3 Å². The molecule has 1 aromatic heterocycles. The zero-order valence-electron chi connectivity index (χ0n) is 15.2. The van der Waals surface area contributed by atoms with Crippen LogP contribution in [-0.2, 0) is 22.4 Å². The molecule has 1 unspecified atom stereocenters. The molecular formula is C19H19F4N3O2. The molecule has 0 fully saturated rings. The van der Waals surface area contributed by atoms with Gasteiger partial charge in [0.25, 0.3) is 0 Å². The quantitative estimate of drug-likeness (QED) is 0.735. The van der Waals surface area contributed by atoms with Crippen LogP contribution in [-0.4, -0.2) is 22.8 Å². The van der Waals surface area contributed by atoms with E-state index in [9.17, 15) is 27.2 Å². The summed E-state index contributed by atoms with van der Waals surface area (Å²) < 4.78 is 53.1. The summed E-state index contributed by atoms with van der Waals surface area (Å²) in [5.74, 6) is -1.14. The highest BCUT2D eigenvalue weighted by atomic mass is 19.4. The predicted molar refractivity (Wildman–Crippen MR) is 93.8 cm³/mol. The van der Waals surface area contributed by atoms with E-state index in [0.29, 0.717) is 11.1 Å². The molecule has 0 radical (unpaired) electrons. The Labute approximate surface area is 159 Å². The third-order valence-electron chi connectivity index (χ3n) is 3.98. The van der Waals surface area contributed by atoms with Crippen LogP contribution in [0.2, 0.25) is 0 Å². The number of carbonyl (C=O) groups is 2. The van der Waals surface area contributed by atoms with E-state index >= 15 is 0 Å². The van der Waals surface area contributed by atoms with Crippen LogP contribution >= 0.6 is 0 Å². The molecule has 2 amide bonds. The minimum Gasteiger partial charge on any atom is -0.345 e. The Morgan fingerprint density at radius 2 is 1.75 bits per heavy atom. The highest BCUT2D eigenvalue weighted by Crippen LogP contribution is 2.35. The molecule has 1 heterocycles. The average molecular weight is 397 g/mol. The number of nitrogens with zero attached hydrogens (tertiary/aromatic N) is 1. The standard InChI is InChI=1S/C19H19F4N3O2/c1-11(25-12(2)27)18(28)26-16(14-7-5-13(10-20)6-8-14)17-15(19(21,22)23)4-3-9-24-17/h3-9,11,16H,10H2,1-2H3,(H,25,27)(H,26,28)/t11?,16-/m0/s1. The summed E-state index contributed by atoms with van der Waals surface area (Å²) in [5.41, 5.74) is -0.754. The summed E-state index contributed by atoms with van der Waals surface area (Å²) in [6, 6.07) is 5.50. The van der Waals surface area contributed by atoms with Gasteiger partial charge in [-0.15, -0.1) is 0 Å². The number of hydrogen-bond donors (Lipinski definition) is 2. The normalized spacial score (nSPS) is 13.5. The Hall–Kier alpha value is -2.97. The maximum atomic E-state index is 13.5. The van der Waals surface area contributed by atoms with Crippen molar-refractivity contribution in [3.05, 3.63) is 65.0 Å². The van der Waals surface area contributed by atoms with Gasteiger partial charge in [0.15, 0.2) is 0 Å². The smallest absolute Gasteiger partial charge is 0.345 e. The number of nitrogens with one attached hydrogen (secondary N) is 2. The van der Waals surface area contributed by atoms with E-state index in [0.717, 1.165) is 12.1 Å². The van der Waals surface area contributed by atoms with Crippen LogP contribution in [0.25, 0.3) is 0 Å². The summed E-state index contributed by atoms with van der Waals surface area (Å²) in [5, 5.41) is 4.87. The summed E-state index contributed by atoms with van der Waals surface area (Å²) >= 11 is 0. The Bertz CT molecular complexity index is 838. The fourth-order valence-electron chi connectivity index (χ4n) is 2.63. The van der Waals surface area contributed by atoms with Crippen LogP contribution in [0.1, 0.15) is 42.3 Å². The lowest BCUT2D eigenvalue weighted by molar-refractivity contribution is -0.139. The first kappa shape index (κ1) is 21.3. The summed E-state index contributed by atoms with van der Waals surface area (Å²) in [7, 11) is 0. The molecule has 2 atom stereocenters. The van der Waals surface area contributed by atoms with Crippen molar-refractivity contribution < 1.29 is 27.2 Å². The monoisotopic (exact) mass is 397 g/mol. The molecule has 5 nitrogen and oxygen atoms in total. The lowest BCUT2D eigenvalue weighted by atomic mass is 9.97. The van der Waals surface area contributed by atoms with Crippen LogP contribution in [0.5, 0.6) is 0 Å². The molecular weight excluding hydrogens is 378 g/mol. The minimum atomic E-state index is -4.69. The molecule has 2 aromatic rings. The lowest BCUT2D eigenvalue weighted by Gasteiger charge is -2.24. The Balaban J connectivity index is 2.48. The molecule has 28 heavy (non-hydrogen) atoms. The largest absolute Gasteiger partial charge is 0.418 e. The van der Waals surface area contributed by atoms with E-state index in [4.69, 9.17) is 0 Å². The molecule has 0 spiro atoms. The van der Waals surface area contributed by atoms with Gasteiger partial charge >= 0.3 is 6.18 Å². The lowest BCUT2D eigenvalue weighted by Crippen LogP contribution is -2.45. The second kappa shape index (κ2) is 8.81. The molecule has 9 heteroatoms. The third-order valence-corrected chi connectivity index (χ3v) is 3.98. The van der Waals surface area contributed by atoms with E-state index < -0.39 is 48.0 Å². The highest BCUT2D eigenvalue weighted by Gasteiger charge is 2.37. The van der Waals surface area contributed by atoms with Gasteiger partial charge in [0.2, 0.25) is 11.8 Å². The third kappa shape index (κ3) is 5.28. The van der Waals surface area contributed by atoms with E-state index in [1.54, 1.807) is 0 Å². The first-order valence-corrected chi connectivity index (χ1v) is 8.38. The fraction of sp³-hybridized carbons (Fsp3) is 0.316. The van der Waals surface area contributed by atoms with Crippen molar-refractivity contribution in [1.82, 2.24) is 15.6 Å². The van der Waals surface area contributed by atoms with Crippen molar-refractivity contribution in [3.63, 3.8) is 0 Å². The second-order valence-corrected chi connectivity index (χ2v) is 6.17. The number of amides is 2. The zero-order chi connectivity index (χ0) is 20.9. The van der Waals surface area contributed by atoms with Gasteiger partial charge in [-0.2, -0.15) is 13.2 Å². The zero-order valence-corrected chi connectivity index (χ0v) is 15.2. The number of benzene rings is 1. The number of rotatable bonds is 6. The minimum absolute atomic E-state index is 0.296. The molecule has 0 bridgehead atoms. The maximum absolute atomic E-state index is 13.5. The Kier molecular flexibility index (Phi) is 6.71. The molecule has 0 aliphatic rings. The van der Waals surface area contributed by atoms with E-state index in [2.05, 4.69) is 15.6 Å². The van der Waals surface area contributed by atoms with Gasteiger partial charge in [-0.05, 0) is 30.2 Å². The first-order chi connectivity index (χ1) is 13.1. The van der Waals surface area contributed by atoms with Gasteiger partial charge in [-0.25, -0.2) is 4.39 Å². The number of halogens is 4. The molecule has 0 aliphatic carbocycles. The number of pyridine rings is 1. The number of alkyl halides is 4. The van der Waals surface area contributed by atoms with Gasteiger partial charge in [0, 0.05) is 13.1 Å². The summed E-state index contributed by atoms with van der Waals surface area (Å²) in [6.07, 6.45) is -3.49. The van der Waals surface area contributed by atoms with Gasteiger partial charge in [0.1, 0.15) is 12.7 Å². The van der Waals surface area contributed by atoms with E-state index in [-0.39, 0.29) is 0 Å².